The number of nitrogens with zero attached hydrogens (tertiary/aromatic N) is 1. The zero-order valence-corrected chi connectivity index (χ0v) is 11.5. The summed E-state index contributed by atoms with van der Waals surface area (Å²) in [5, 5.41) is 3.58. The normalized spacial score (nSPS) is 20.6. The Kier molecular flexibility index (Phi) is 3.55. The average Bonchev–Trinajstić information content (AvgIpc) is 2.40. The molecule has 0 radical (unpaired) electrons. The highest BCUT2D eigenvalue weighted by molar-refractivity contribution is 9.10. The Bertz CT molecular complexity index is 345. The van der Waals surface area contributed by atoms with E-state index in [1.807, 2.05) is 0 Å². The van der Waals surface area contributed by atoms with Gasteiger partial charge in [-0.1, -0.05) is 15.9 Å². The molecule has 0 saturated carbocycles. The highest BCUT2D eigenvalue weighted by Gasteiger charge is 2.23. The molecule has 2 rings (SSSR count). The lowest BCUT2D eigenvalue weighted by atomic mass is 10.1. The molecule has 1 N–H and O–H groups in total. The van der Waals surface area contributed by atoms with Crippen LogP contribution in [0.25, 0.3) is 0 Å². The van der Waals surface area contributed by atoms with Gasteiger partial charge >= 0.3 is 0 Å². The largest absolute Gasteiger partial charge is 0.370 e. The second-order valence-electron chi connectivity index (χ2n) is 5.06. The third-order valence-electron chi connectivity index (χ3n) is 2.99. The summed E-state index contributed by atoms with van der Waals surface area (Å²) in [6.45, 7) is 7.85. The van der Waals surface area contributed by atoms with Crippen LogP contribution in [0.3, 0.4) is 0 Å². The van der Waals surface area contributed by atoms with Gasteiger partial charge in [0.15, 0.2) is 0 Å². The molecule has 1 aromatic carbocycles. The summed E-state index contributed by atoms with van der Waals surface area (Å²) in [7, 11) is 0. The van der Waals surface area contributed by atoms with Crippen molar-refractivity contribution in [3.8, 4) is 0 Å². The molecule has 0 bridgehead atoms. The SMILES string of the molecule is CC1(C)CN(c2ccc(Br)cc2)CCCN1. The number of hydrogen-bond acceptors (Lipinski definition) is 2. The summed E-state index contributed by atoms with van der Waals surface area (Å²) >= 11 is 3.48. The van der Waals surface area contributed by atoms with Gasteiger partial charge in [-0.2, -0.15) is 0 Å². The molecule has 3 heteroatoms. The summed E-state index contributed by atoms with van der Waals surface area (Å²) in [5.74, 6) is 0. The van der Waals surface area contributed by atoms with Crippen LogP contribution in [-0.2, 0) is 0 Å². The van der Waals surface area contributed by atoms with Crippen molar-refractivity contribution in [3.05, 3.63) is 28.7 Å². The zero-order chi connectivity index (χ0) is 11.6. The first-order valence-electron chi connectivity index (χ1n) is 5.82. The monoisotopic (exact) mass is 282 g/mol. The minimum Gasteiger partial charge on any atom is -0.370 e. The average molecular weight is 283 g/mol. The van der Waals surface area contributed by atoms with Crippen molar-refractivity contribution in [2.75, 3.05) is 24.5 Å². The fourth-order valence-electron chi connectivity index (χ4n) is 2.18. The molecule has 1 fully saturated rings. The number of hydrogen-bond donors (Lipinski definition) is 1. The van der Waals surface area contributed by atoms with Crippen LogP contribution in [0.2, 0.25) is 0 Å². The maximum Gasteiger partial charge on any atom is 0.0367 e. The lowest BCUT2D eigenvalue weighted by Gasteiger charge is -2.31. The molecule has 0 amide bonds. The minimum atomic E-state index is 0.198. The van der Waals surface area contributed by atoms with Crippen molar-refractivity contribution in [1.29, 1.82) is 0 Å². The highest BCUT2D eigenvalue weighted by Crippen LogP contribution is 2.21. The summed E-state index contributed by atoms with van der Waals surface area (Å²) < 4.78 is 1.14. The standard InChI is InChI=1S/C13H19BrN2/c1-13(2)10-16(9-3-8-15-13)12-6-4-11(14)5-7-12/h4-7,15H,3,8-10H2,1-2H3. The van der Waals surface area contributed by atoms with E-state index < -0.39 is 0 Å². The van der Waals surface area contributed by atoms with Crippen molar-refractivity contribution in [3.63, 3.8) is 0 Å². The number of benzene rings is 1. The summed E-state index contributed by atoms with van der Waals surface area (Å²) in [6.07, 6.45) is 1.21. The topological polar surface area (TPSA) is 15.3 Å². The predicted molar refractivity (Wildman–Crippen MR) is 73.1 cm³/mol. The number of anilines is 1. The molecule has 1 aliphatic heterocycles. The summed E-state index contributed by atoms with van der Waals surface area (Å²) in [4.78, 5) is 2.46. The van der Waals surface area contributed by atoms with E-state index in [0.717, 1.165) is 24.1 Å². The third-order valence-corrected chi connectivity index (χ3v) is 3.51. The van der Waals surface area contributed by atoms with Gasteiger partial charge in [-0.3, -0.25) is 0 Å². The van der Waals surface area contributed by atoms with E-state index >= 15 is 0 Å². The molecule has 88 valence electrons. The van der Waals surface area contributed by atoms with Gasteiger partial charge in [0.05, 0.1) is 0 Å². The Hall–Kier alpha value is -0.540. The van der Waals surface area contributed by atoms with Gasteiger partial charge in [0.2, 0.25) is 0 Å². The first-order valence-corrected chi connectivity index (χ1v) is 6.62. The lowest BCUT2D eigenvalue weighted by molar-refractivity contribution is 0.416. The van der Waals surface area contributed by atoms with Crippen LogP contribution in [0, 0.1) is 0 Å². The lowest BCUT2D eigenvalue weighted by Crippen LogP contribution is -2.46. The smallest absolute Gasteiger partial charge is 0.0367 e. The quantitative estimate of drug-likeness (QED) is 0.852. The van der Waals surface area contributed by atoms with Gasteiger partial charge in [0.25, 0.3) is 0 Å². The van der Waals surface area contributed by atoms with Crippen molar-refractivity contribution >= 4 is 21.6 Å². The molecule has 1 saturated heterocycles. The number of nitrogens with one attached hydrogen (secondary N) is 1. The molecule has 1 aromatic rings. The Morgan fingerprint density at radius 2 is 1.94 bits per heavy atom. The Morgan fingerprint density at radius 1 is 1.25 bits per heavy atom. The molecule has 0 aromatic heterocycles. The molecular formula is C13H19BrN2. The van der Waals surface area contributed by atoms with Crippen molar-refractivity contribution < 1.29 is 0 Å². The maximum atomic E-state index is 3.58. The number of halogens is 1. The fraction of sp³-hybridized carbons (Fsp3) is 0.538. The molecule has 1 heterocycles. The van der Waals surface area contributed by atoms with E-state index in [1.165, 1.54) is 12.1 Å². The minimum absolute atomic E-state index is 0.198. The number of rotatable bonds is 1. The van der Waals surface area contributed by atoms with Crippen molar-refractivity contribution in [2.45, 2.75) is 25.8 Å². The molecule has 0 unspecified atom stereocenters. The first-order chi connectivity index (χ1) is 7.57. The molecule has 2 nitrogen and oxygen atoms in total. The van der Waals surface area contributed by atoms with Gasteiger partial charge in [-0.15, -0.1) is 0 Å². The van der Waals surface area contributed by atoms with Crippen LogP contribution in [-0.4, -0.2) is 25.2 Å². The summed E-state index contributed by atoms with van der Waals surface area (Å²) in [5.41, 5.74) is 1.52. The molecule has 0 atom stereocenters. The molecule has 0 aliphatic carbocycles. The predicted octanol–water partition coefficient (Wildman–Crippen LogP) is 3.03. The Labute approximate surface area is 106 Å². The van der Waals surface area contributed by atoms with Crippen molar-refractivity contribution in [1.82, 2.24) is 5.32 Å². The van der Waals surface area contributed by atoms with Crippen LogP contribution in [0.1, 0.15) is 20.3 Å². The molecule has 1 aliphatic rings. The van der Waals surface area contributed by atoms with Crippen LogP contribution >= 0.6 is 15.9 Å². The van der Waals surface area contributed by atoms with Crippen LogP contribution in [0.15, 0.2) is 28.7 Å². The van der Waals surface area contributed by atoms with Crippen LogP contribution in [0.4, 0.5) is 5.69 Å². The third kappa shape index (κ3) is 2.98. The Morgan fingerprint density at radius 3 is 2.62 bits per heavy atom. The summed E-state index contributed by atoms with van der Waals surface area (Å²) in [6, 6.07) is 8.60. The van der Waals surface area contributed by atoms with E-state index in [1.54, 1.807) is 0 Å². The van der Waals surface area contributed by atoms with Gasteiger partial charge in [-0.25, -0.2) is 0 Å². The van der Waals surface area contributed by atoms with E-state index in [-0.39, 0.29) is 5.54 Å². The van der Waals surface area contributed by atoms with E-state index in [0.29, 0.717) is 0 Å². The zero-order valence-electron chi connectivity index (χ0n) is 9.96. The van der Waals surface area contributed by atoms with Crippen molar-refractivity contribution in [2.24, 2.45) is 0 Å². The van der Waals surface area contributed by atoms with Gasteiger partial charge in [0.1, 0.15) is 0 Å². The van der Waals surface area contributed by atoms with Gasteiger partial charge in [-0.05, 0) is 51.1 Å². The molecule has 16 heavy (non-hydrogen) atoms. The maximum absolute atomic E-state index is 3.58. The van der Waals surface area contributed by atoms with E-state index in [4.69, 9.17) is 0 Å². The second kappa shape index (κ2) is 4.76. The highest BCUT2D eigenvalue weighted by atomic mass is 79.9. The van der Waals surface area contributed by atoms with E-state index in [9.17, 15) is 0 Å². The van der Waals surface area contributed by atoms with Gasteiger partial charge < -0.3 is 10.2 Å². The van der Waals surface area contributed by atoms with Crippen LogP contribution < -0.4 is 10.2 Å². The first kappa shape index (κ1) is 11.9. The van der Waals surface area contributed by atoms with Crippen LogP contribution in [0.5, 0.6) is 0 Å². The Balaban J connectivity index is 2.16. The second-order valence-corrected chi connectivity index (χ2v) is 5.98. The molecule has 0 spiro atoms. The van der Waals surface area contributed by atoms with Gasteiger partial charge in [0, 0.05) is 28.8 Å². The van der Waals surface area contributed by atoms with E-state index in [2.05, 4.69) is 64.3 Å². The molecular weight excluding hydrogens is 264 g/mol. The fourth-order valence-corrected chi connectivity index (χ4v) is 2.45.